The Morgan fingerprint density at radius 1 is 1.22 bits per heavy atom. The summed E-state index contributed by atoms with van der Waals surface area (Å²) in [6.07, 6.45) is 2.23. The lowest BCUT2D eigenvalue weighted by molar-refractivity contribution is -0.607. The molecule has 0 atom stereocenters. The van der Waals surface area contributed by atoms with Gasteiger partial charge in [0.15, 0.2) is 12.4 Å². The summed E-state index contributed by atoms with van der Waals surface area (Å²) in [6, 6.07) is 10.1. The predicted molar refractivity (Wildman–Crippen MR) is 86.0 cm³/mol. The van der Waals surface area contributed by atoms with Crippen molar-refractivity contribution in [3.8, 4) is 0 Å². The normalized spacial score (nSPS) is 12.3. The number of aliphatic hydroxyl groups is 1. The number of aromatic nitrogens is 1. The van der Waals surface area contributed by atoms with Crippen LogP contribution >= 0.6 is 0 Å². The van der Waals surface area contributed by atoms with Crippen LogP contribution in [0.1, 0.15) is 25.0 Å². The summed E-state index contributed by atoms with van der Waals surface area (Å²) >= 11 is 0. The molecule has 0 fully saturated rings. The van der Waals surface area contributed by atoms with Crippen LogP contribution in [-0.4, -0.2) is 20.1 Å². The molecule has 7 heteroatoms. The van der Waals surface area contributed by atoms with E-state index in [2.05, 4.69) is 4.72 Å². The second kappa shape index (κ2) is 6.66. The fraction of sp³-hybridized carbons (Fsp3) is 0.312. The maximum atomic E-state index is 12.1. The van der Waals surface area contributed by atoms with Crippen LogP contribution in [0, 0.1) is 5.21 Å². The summed E-state index contributed by atoms with van der Waals surface area (Å²) in [6.45, 7) is 4.01. The van der Waals surface area contributed by atoms with Crippen molar-refractivity contribution in [3.05, 3.63) is 65.1 Å². The van der Waals surface area contributed by atoms with Crippen molar-refractivity contribution in [3.63, 3.8) is 0 Å². The number of sulfonamides is 1. The third-order valence-corrected chi connectivity index (χ3v) is 5.04. The monoisotopic (exact) mass is 336 g/mol. The van der Waals surface area contributed by atoms with Gasteiger partial charge in [0, 0.05) is 18.0 Å². The first-order valence-corrected chi connectivity index (χ1v) is 8.62. The molecule has 0 unspecified atom stereocenters. The minimum atomic E-state index is -3.73. The summed E-state index contributed by atoms with van der Waals surface area (Å²) in [7, 11) is -3.73. The molecule has 1 heterocycles. The Morgan fingerprint density at radius 3 is 2.43 bits per heavy atom. The molecular formula is C16H20N2O4S. The molecule has 0 spiro atoms. The average Bonchev–Trinajstić information content (AvgIpc) is 2.53. The molecule has 0 aliphatic carbocycles. The van der Waals surface area contributed by atoms with E-state index in [1.165, 1.54) is 18.3 Å². The zero-order valence-electron chi connectivity index (χ0n) is 13.1. The number of nitrogens with zero attached hydrogens (tertiary/aromatic N) is 1. The zero-order valence-corrected chi connectivity index (χ0v) is 13.9. The summed E-state index contributed by atoms with van der Waals surface area (Å²) in [5, 5.41) is 20.5. The first-order chi connectivity index (χ1) is 10.7. The minimum Gasteiger partial charge on any atom is -0.619 e. The van der Waals surface area contributed by atoms with Gasteiger partial charge in [-0.15, -0.1) is 0 Å². The van der Waals surface area contributed by atoms with Crippen LogP contribution < -0.4 is 9.45 Å². The summed E-state index contributed by atoms with van der Waals surface area (Å²) in [5.41, 5.74) is 1.42. The van der Waals surface area contributed by atoms with Gasteiger partial charge in [-0.05, 0) is 17.2 Å². The molecule has 2 rings (SSSR count). The molecule has 0 saturated carbocycles. The smallest absolute Gasteiger partial charge is 0.246 e. The Morgan fingerprint density at radius 2 is 1.87 bits per heavy atom. The van der Waals surface area contributed by atoms with E-state index < -0.39 is 10.0 Å². The van der Waals surface area contributed by atoms with Crippen molar-refractivity contribution in [2.24, 2.45) is 0 Å². The zero-order chi connectivity index (χ0) is 17.1. The number of aliphatic hydroxyl groups excluding tert-OH is 1. The van der Waals surface area contributed by atoms with E-state index >= 15 is 0 Å². The first kappa shape index (κ1) is 17.4. The van der Waals surface area contributed by atoms with Crippen LogP contribution in [-0.2, 0) is 22.0 Å². The fourth-order valence-corrected chi connectivity index (χ4v) is 3.04. The third kappa shape index (κ3) is 4.28. The number of hydrogen-bond donors (Lipinski definition) is 2. The quantitative estimate of drug-likeness (QED) is 0.609. The van der Waals surface area contributed by atoms with E-state index in [-0.39, 0.29) is 23.5 Å². The Balaban J connectivity index is 2.09. The van der Waals surface area contributed by atoms with Gasteiger partial charge in [-0.3, -0.25) is 0 Å². The van der Waals surface area contributed by atoms with E-state index in [0.29, 0.717) is 4.73 Å². The summed E-state index contributed by atoms with van der Waals surface area (Å²) in [4.78, 5) is -0.0759. The van der Waals surface area contributed by atoms with Crippen LogP contribution in [0.25, 0.3) is 0 Å². The lowest BCUT2D eigenvalue weighted by Gasteiger charge is -2.22. The van der Waals surface area contributed by atoms with Gasteiger partial charge in [-0.1, -0.05) is 38.1 Å². The Kier molecular flexibility index (Phi) is 5.03. The van der Waals surface area contributed by atoms with E-state index in [0.717, 1.165) is 17.3 Å². The van der Waals surface area contributed by atoms with Crippen LogP contribution in [0.5, 0.6) is 0 Å². The summed E-state index contributed by atoms with van der Waals surface area (Å²) in [5.74, 6) is 0. The highest BCUT2D eigenvalue weighted by Crippen LogP contribution is 2.22. The molecule has 2 N–H and O–H groups in total. The molecule has 1 aromatic heterocycles. The number of pyridine rings is 1. The maximum Gasteiger partial charge on any atom is 0.246 e. The molecule has 6 nitrogen and oxygen atoms in total. The van der Waals surface area contributed by atoms with Crippen molar-refractivity contribution < 1.29 is 18.3 Å². The minimum absolute atomic E-state index is 0.0299. The largest absolute Gasteiger partial charge is 0.619 e. The SMILES string of the molecule is CC(C)(CO)c1ccc(CNS(=O)(=O)c2ccc[n+]([O-])c2)cc1. The van der Waals surface area contributed by atoms with Crippen LogP contribution in [0.3, 0.4) is 0 Å². The van der Waals surface area contributed by atoms with E-state index in [1.54, 1.807) is 0 Å². The number of rotatable bonds is 6. The van der Waals surface area contributed by atoms with Crippen LogP contribution in [0.2, 0.25) is 0 Å². The van der Waals surface area contributed by atoms with Crippen LogP contribution in [0.15, 0.2) is 53.7 Å². The number of hydrogen-bond acceptors (Lipinski definition) is 4. The van der Waals surface area contributed by atoms with Crippen molar-refractivity contribution in [2.75, 3.05) is 6.61 Å². The number of nitrogens with one attached hydrogen (secondary N) is 1. The maximum absolute atomic E-state index is 12.1. The first-order valence-electron chi connectivity index (χ1n) is 7.13. The fourth-order valence-electron chi connectivity index (χ4n) is 2.02. The molecule has 0 radical (unpaired) electrons. The molecular weight excluding hydrogens is 316 g/mol. The lowest BCUT2D eigenvalue weighted by atomic mass is 9.85. The topological polar surface area (TPSA) is 93.3 Å². The van der Waals surface area contributed by atoms with Gasteiger partial charge >= 0.3 is 0 Å². The van der Waals surface area contributed by atoms with Gasteiger partial charge in [0.25, 0.3) is 0 Å². The highest BCUT2D eigenvalue weighted by molar-refractivity contribution is 7.89. The molecule has 0 amide bonds. The molecule has 1 aromatic carbocycles. The van der Waals surface area contributed by atoms with E-state index in [4.69, 9.17) is 0 Å². The number of benzene rings is 1. The second-order valence-electron chi connectivity index (χ2n) is 5.96. The highest BCUT2D eigenvalue weighted by atomic mass is 32.2. The van der Waals surface area contributed by atoms with Crippen molar-refractivity contribution in [1.82, 2.24) is 4.72 Å². The standard InChI is InChI=1S/C16H20N2O4S/c1-16(2,12-19)14-7-5-13(6-8-14)10-17-23(21,22)15-4-3-9-18(20)11-15/h3-9,11,17,19H,10,12H2,1-2H3. The molecule has 0 aliphatic heterocycles. The van der Waals surface area contributed by atoms with Crippen LogP contribution in [0.4, 0.5) is 0 Å². The molecule has 2 aromatic rings. The Labute approximate surface area is 136 Å². The lowest BCUT2D eigenvalue weighted by Crippen LogP contribution is -2.29. The molecule has 124 valence electrons. The van der Waals surface area contributed by atoms with Gasteiger partial charge in [-0.2, -0.15) is 4.73 Å². The van der Waals surface area contributed by atoms with Crippen molar-refractivity contribution in [1.29, 1.82) is 0 Å². The third-order valence-electron chi connectivity index (χ3n) is 3.66. The van der Waals surface area contributed by atoms with Gasteiger partial charge < -0.3 is 10.3 Å². The van der Waals surface area contributed by atoms with Gasteiger partial charge in [0.05, 0.1) is 6.61 Å². The molecule has 0 saturated heterocycles. The van der Waals surface area contributed by atoms with E-state index in [1.807, 2.05) is 38.1 Å². The van der Waals surface area contributed by atoms with Gasteiger partial charge in [0.1, 0.15) is 4.90 Å². The van der Waals surface area contributed by atoms with Crippen molar-refractivity contribution >= 4 is 10.0 Å². The van der Waals surface area contributed by atoms with Crippen molar-refractivity contribution in [2.45, 2.75) is 30.7 Å². The Bertz CT molecular complexity index is 771. The average molecular weight is 336 g/mol. The second-order valence-corrected chi connectivity index (χ2v) is 7.73. The Hall–Kier alpha value is -1.96. The molecule has 0 aliphatic rings. The molecule has 23 heavy (non-hydrogen) atoms. The predicted octanol–water partition coefficient (Wildman–Crippen LogP) is 1.07. The van der Waals surface area contributed by atoms with E-state index in [9.17, 15) is 18.7 Å². The highest BCUT2D eigenvalue weighted by Gasteiger charge is 2.19. The van der Waals surface area contributed by atoms with Gasteiger partial charge in [0.2, 0.25) is 10.0 Å². The van der Waals surface area contributed by atoms with Gasteiger partial charge in [-0.25, -0.2) is 13.1 Å². The molecule has 0 bridgehead atoms. The summed E-state index contributed by atoms with van der Waals surface area (Å²) < 4.78 is 27.2.